The Morgan fingerprint density at radius 3 is 2.23 bits per heavy atom. The first kappa shape index (κ1) is 22.6. The third-order valence-electron chi connectivity index (χ3n) is 4.54. The van der Waals surface area contributed by atoms with Crippen LogP contribution in [0.4, 0.5) is 8.78 Å². The summed E-state index contributed by atoms with van der Waals surface area (Å²) < 4.78 is 33.6. The van der Waals surface area contributed by atoms with Crippen LogP contribution >= 0.6 is 23.2 Å². The smallest absolute Gasteiger partial charge is 0.341 e. The lowest BCUT2D eigenvalue weighted by Gasteiger charge is -2.15. The molecule has 0 heterocycles. The fraction of sp³-hybridized carbons (Fsp3) is 0.0870. The molecule has 160 valence electrons. The van der Waals surface area contributed by atoms with Gasteiger partial charge in [0.1, 0.15) is 23.1 Å². The number of benzene rings is 3. The predicted octanol–water partition coefficient (Wildman–Crippen LogP) is 6.09. The van der Waals surface area contributed by atoms with E-state index < -0.39 is 24.2 Å². The molecule has 3 aromatic rings. The zero-order valence-corrected chi connectivity index (χ0v) is 17.5. The van der Waals surface area contributed by atoms with Crippen LogP contribution in [0.15, 0.2) is 55.1 Å². The average Bonchev–Trinajstić information content (AvgIpc) is 2.71. The molecule has 0 saturated carbocycles. The number of aliphatic carboxylic acids is 1. The van der Waals surface area contributed by atoms with Crippen molar-refractivity contribution in [3.05, 3.63) is 99.0 Å². The van der Waals surface area contributed by atoms with Crippen LogP contribution in [-0.4, -0.2) is 22.8 Å². The number of halogens is 4. The zero-order chi connectivity index (χ0) is 22.7. The lowest BCUT2D eigenvalue weighted by atomic mass is 9.94. The minimum absolute atomic E-state index is 0.00725. The molecule has 0 radical (unpaired) electrons. The molecular weight excluding hydrogens is 449 g/mol. The molecule has 3 aromatic carbocycles. The third-order valence-corrected chi connectivity index (χ3v) is 5.21. The van der Waals surface area contributed by atoms with Crippen LogP contribution in [0.1, 0.15) is 22.3 Å². The van der Waals surface area contributed by atoms with E-state index in [4.69, 9.17) is 33.0 Å². The van der Waals surface area contributed by atoms with Gasteiger partial charge in [0, 0.05) is 16.5 Å². The molecule has 8 heteroatoms. The van der Waals surface area contributed by atoms with Crippen molar-refractivity contribution in [2.24, 2.45) is 0 Å². The summed E-state index contributed by atoms with van der Waals surface area (Å²) in [6.45, 7) is 3.27. The Labute approximate surface area is 186 Å². The van der Waals surface area contributed by atoms with E-state index in [1.807, 2.05) is 0 Å². The Bertz CT molecular complexity index is 1140. The molecule has 0 aliphatic carbocycles. The Morgan fingerprint density at radius 1 is 1.03 bits per heavy atom. The molecule has 0 fully saturated rings. The molecule has 0 aliphatic rings. The number of hydrogen-bond acceptors (Lipinski definition) is 3. The van der Waals surface area contributed by atoms with Crippen LogP contribution in [-0.2, 0) is 11.2 Å². The number of ether oxygens (including phenoxy) is 1. The summed E-state index contributed by atoms with van der Waals surface area (Å²) in [5.41, 5.74) is 1.11. The van der Waals surface area contributed by atoms with E-state index in [0.29, 0.717) is 11.1 Å². The highest BCUT2D eigenvalue weighted by atomic mass is 35.5. The molecule has 0 amide bonds. The summed E-state index contributed by atoms with van der Waals surface area (Å²) in [6.07, 6.45) is -0.00725. The minimum atomic E-state index is -1.16. The van der Waals surface area contributed by atoms with Crippen molar-refractivity contribution < 1.29 is 28.5 Å². The maximum absolute atomic E-state index is 15.3. The van der Waals surface area contributed by atoms with Gasteiger partial charge >= 0.3 is 5.97 Å². The van der Waals surface area contributed by atoms with E-state index >= 15 is 4.39 Å². The summed E-state index contributed by atoms with van der Waals surface area (Å²) in [7, 11) is 0. The van der Waals surface area contributed by atoms with Crippen molar-refractivity contribution in [2.75, 3.05) is 6.61 Å². The van der Waals surface area contributed by atoms with E-state index in [9.17, 15) is 14.3 Å². The van der Waals surface area contributed by atoms with Crippen molar-refractivity contribution in [3.8, 4) is 11.5 Å². The van der Waals surface area contributed by atoms with Crippen molar-refractivity contribution in [1.82, 2.24) is 0 Å². The second kappa shape index (κ2) is 9.37. The molecule has 0 spiro atoms. The number of carbonyl (C=O) groups is 1. The molecule has 2 N–H and O–H groups in total. The van der Waals surface area contributed by atoms with Gasteiger partial charge in [-0.05, 0) is 52.6 Å². The number of phenols is 1. The maximum Gasteiger partial charge on any atom is 0.341 e. The summed E-state index contributed by atoms with van der Waals surface area (Å²) in [4.78, 5) is 10.6. The molecule has 0 aromatic heterocycles. The minimum Gasteiger partial charge on any atom is -0.507 e. The second-order valence-corrected chi connectivity index (χ2v) is 7.46. The van der Waals surface area contributed by atoms with Gasteiger partial charge in [0.2, 0.25) is 0 Å². The zero-order valence-electron chi connectivity index (χ0n) is 16.0. The Morgan fingerprint density at radius 2 is 1.65 bits per heavy atom. The first-order chi connectivity index (χ1) is 14.7. The van der Waals surface area contributed by atoms with E-state index in [1.54, 1.807) is 0 Å². The third kappa shape index (κ3) is 5.16. The summed E-state index contributed by atoms with van der Waals surface area (Å²) in [5, 5.41) is 19.3. The molecule has 4 nitrogen and oxygen atoms in total. The average molecular weight is 465 g/mol. The molecule has 31 heavy (non-hydrogen) atoms. The largest absolute Gasteiger partial charge is 0.507 e. The van der Waals surface area contributed by atoms with Gasteiger partial charge in [-0.2, -0.15) is 0 Å². The van der Waals surface area contributed by atoms with Crippen LogP contribution in [0, 0.1) is 11.6 Å². The van der Waals surface area contributed by atoms with Gasteiger partial charge in [-0.15, -0.1) is 0 Å². The number of hydrogen-bond donors (Lipinski definition) is 2. The summed E-state index contributed by atoms with van der Waals surface area (Å²) in [6, 6.07) is 10.8. The SMILES string of the molecule is C=C(c1ccc(F)cc1)c1c(O)ccc(Cc2c(Cl)cc(OCC(=O)O)cc2Cl)c1F. The number of phenolic OH excluding ortho intramolecular Hbond substituents is 1. The molecule has 0 unspecified atom stereocenters. The van der Waals surface area contributed by atoms with Crippen LogP contribution in [0.5, 0.6) is 11.5 Å². The van der Waals surface area contributed by atoms with Gasteiger partial charge in [-0.3, -0.25) is 0 Å². The quantitative estimate of drug-likeness (QED) is 0.443. The second-order valence-electron chi connectivity index (χ2n) is 6.64. The monoisotopic (exact) mass is 464 g/mol. The summed E-state index contributed by atoms with van der Waals surface area (Å²) in [5.74, 6) is -2.47. The topological polar surface area (TPSA) is 66.8 Å². The fourth-order valence-corrected chi connectivity index (χ4v) is 3.60. The predicted molar refractivity (Wildman–Crippen MR) is 115 cm³/mol. The van der Waals surface area contributed by atoms with Crippen molar-refractivity contribution >= 4 is 34.7 Å². The highest BCUT2D eigenvalue weighted by Gasteiger charge is 2.19. The normalized spacial score (nSPS) is 10.7. The van der Waals surface area contributed by atoms with Gasteiger partial charge in [0.05, 0.1) is 5.56 Å². The van der Waals surface area contributed by atoms with Gasteiger partial charge < -0.3 is 14.9 Å². The summed E-state index contributed by atoms with van der Waals surface area (Å²) >= 11 is 12.5. The molecule has 0 bridgehead atoms. The first-order valence-electron chi connectivity index (χ1n) is 8.95. The van der Waals surface area contributed by atoms with Gasteiger partial charge in [0.25, 0.3) is 0 Å². The Hall–Kier alpha value is -3.09. The van der Waals surface area contributed by atoms with E-state index in [1.165, 1.54) is 48.5 Å². The lowest BCUT2D eigenvalue weighted by molar-refractivity contribution is -0.139. The molecule has 3 rings (SSSR count). The Kier molecular flexibility index (Phi) is 6.83. The van der Waals surface area contributed by atoms with Crippen molar-refractivity contribution in [1.29, 1.82) is 0 Å². The van der Waals surface area contributed by atoms with Crippen LogP contribution in [0.3, 0.4) is 0 Å². The fourth-order valence-electron chi connectivity index (χ4n) is 3.00. The van der Waals surface area contributed by atoms with Crippen molar-refractivity contribution in [2.45, 2.75) is 6.42 Å². The van der Waals surface area contributed by atoms with E-state index in [-0.39, 0.29) is 44.7 Å². The van der Waals surface area contributed by atoms with Gasteiger partial charge in [0.15, 0.2) is 6.61 Å². The number of rotatable bonds is 7. The van der Waals surface area contributed by atoms with E-state index in [2.05, 4.69) is 6.58 Å². The van der Waals surface area contributed by atoms with Crippen LogP contribution in [0.25, 0.3) is 5.57 Å². The number of carboxylic acid groups (broad SMARTS) is 1. The van der Waals surface area contributed by atoms with Crippen LogP contribution < -0.4 is 4.74 Å². The highest BCUT2D eigenvalue weighted by molar-refractivity contribution is 6.36. The van der Waals surface area contributed by atoms with Gasteiger partial charge in [-0.25, -0.2) is 13.6 Å². The number of carboxylic acids is 1. The standard InChI is InChI=1S/C23H16Cl2F2O4/c1-12(13-2-5-15(26)6-3-13)22-20(28)7-4-14(23(22)27)8-17-18(24)9-16(10-19(17)25)31-11-21(29)30/h2-7,9-10,28H,1,8,11H2,(H,29,30). The lowest BCUT2D eigenvalue weighted by Crippen LogP contribution is -2.09. The highest BCUT2D eigenvalue weighted by Crippen LogP contribution is 2.37. The molecular formula is C23H16Cl2F2O4. The number of aromatic hydroxyl groups is 1. The first-order valence-corrected chi connectivity index (χ1v) is 9.71. The van der Waals surface area contributed by atoms with E-state index in [0.717, 1.165) is 0 Å². The molecule has 0 saturated heterocycles. The van der Waals surface area contributed by atoms with Crippen LogP contribution in [0.2, 0.25) is 10.0 Å². The Balaban J connectivity index is 1.94. The molecule has 0 aliphatic heterocycles. The molecule has 0 atom stereocenters. The maximum atomic E-state index is 15.3. The van der Waals surface area contributed by atoms with Gasteiger partial charge in [-0.1, -0.05) is 48.0 Å². The van der Waals surface area contributed by atoms with Crippen molar-refractivity contribution in [3.63, 3.8) is 0 Å².